The lowest BCUT2D eigenvalue weighted by Gasteiger charge is -2.12. The van der Waals surface area contributed by atoms with Crippen LogP contribution in [0, 0.1) is 0 Å². The molecule has 2 heterocycles. The maximum atomic E-state index is 11.3. The average molecular weight is 241 g/mol. The molecule has 6 heteroatoms. The first-order valence-electron chi connectivity index (χ1n) is 5.20. The molecule has 1 aliphatic rings. The molecule has 1 fully saturated rings. The van der Waals surface area contributed by atoms with Gasteiger partial charge < -0.3 is 9.88 Å². The summed E-state index contributed by atoms with van der Waals surface area (Å²) in [6.45, 7) is 4.33. The van der Waals surface area contributed by atoms with E-state index in [9.17, 15) is 8.42 Å². The highest BCUT2D eigenvalue weighted by atomic mass is 32.2. The van der Waals surface area contributed by atoms with Crippen molar-refractivity contribution in [1.29, 1.82) is 0 Å². The number of hydrogen-bond acceptors (Lipinski definition) is 4. The summed E-state index contributed by atoms with van der Waals surface area (Å²) in [7, 11) is -2.84. The van der Waals surface area contributed by atoms with Crippen LogP contribution in [0.5, 0.6) is 0 Å². The van der Waals surface area contributed by atoms with Gasteiger partial charge in [-0.05, 0) is 6.42 Å². The number of hydrogen-bond donors (Lipinski definition) is 1. The Labute approximate surface area is 95.1 Å². The van der Waals surface area contributed by atoms with Gasteiger partial charge in [0, 0.05) is 25.0 Å². The Hall–Kier alpha value is -1.30. The van der Waals surface area contributed by atoms with Gasteiger partial charge >= 0.3 is 0 Å². The fraction of sp³-hybridized carbons (Fsp3) is 0.500. The minimum Gasteiger partial charge on any atom is -0.352 e. The van der Waals surface area contributed by atoms with Gasteiger partial charge in [-0.1, -0.05) is 6.08 Å². The van der Waals surface area contributed by atoms with Gasteiger partial charge in [0.05, 0.1) is 11.5 Å². The van der Waals surface area contributed by atoms with Crippen molar-refractivity contribution in [2.75, 3.05) is 16.8 Å². The van der Waals surface area contributed by atoms with Crippen LogP contribution >= 0.6 is 0 Å². The van der Waals surface area contributed by atoms with Crippen molar-refractivity contribution in [3.05, 3.63) is 25.0 Å². The molecular weight excluding hydrogens is 226 g/mol. The normalized spacial score (nSPS) is 23.1. The maximum Gasteiger partial charge on any atom is 0.203 e. The van der Waals surface area contributed by atoms with E-state index in [0.717, 1.165) is 0 Å². The smallest absolute Gasteiger partial charge is 0.203 e. The van der Waals surface area contributed by atoms with Crippen molar-refractivity contribution in [2.24, 2.45) is 0 Å². The van der Waals surface area contributed by atoms with Crippen LogP contribution in [-0.2, 0) is 16.4 Å². The number of aromatic nitrogens is 2. The average Bonchev–Trinajstić information content (AvgIpc) is 2.76. The molecule has 1 aromatic heterocycles. The van der Waals surface area contributed by atoms with E-state index < -0.39 is 9.84 Å². The zero-order valence-corrected chi connectivity index (χ0v) is 9.78. The van der Waals surface area contributed by atoms with Crippen molar-refractivity contribution in [3.8, 4) is 0 Å². The molecule has 0 spiro atoms. The van der Waals surface area contributed by atoms with Gasteiger partial charge in [-0.3, -0.25) is 0 Å². The molecule has 1 unspecified atom stereocenters. The molecule has 1 saturated heterocycles. The van der Waals surface area contributed by atoms with E-state index in [1.807, 2.05) is 10.8 Å². The summed E-state index contributed by atoms with van der Waals surface area (Å²) >= 11 is 0. The maximum absolute atomic E-state index is 11.3. The molecule has 2 rings (SSSR count). The molecule has 88 valence electrons. The number of imidazole rings is 1. The minimum atomic E-state index is -2.84. The first-order valence-corrected chi connectivity index (χ1v) is 7.02. The fourth-order valence-electron chi connectivity index (χ4n) is 1.83. The molecule has 0 aliphatic carbocycles. The van der Waals surface area contributed by atoms with Crippen LogP contribution < -0.4 is 5.32 Å². The van der Waals surface area contributed by atoms with Crippen LogP contribution in [0.1, 0.15) is 6.42 Å². The Bertz CT molecular complexity index is 478. The van der Waals surface area contributed by atoms with Gasteiger partial charge in [0.2, 0.25) is 5.95 Å². The third kappa shape index (κ3) is 2.44. The number of allylic oxidation sites excluding steroid dienone is 1. The van der Waals surface area contributed by atoms with E-state index in [2.05, 4.69) is 16.9 Å². The first kappa shape index (κ1) is 11.2. The lowest BCUT2D eigenvalue weighted by atomic mass is 10.3. The lowest BCUT2D eigenvalue weighted by Crippen LogP contribution is -2.22. The van der Waals surface area contributed by atoms with Gasteiger partial charge in [-0.2, -0.15) is 0 Å². The van der Waals surface area contributed by atoms with Gasteiger partial charge in [0.15, 0.2) is 9.84 Å². The number of anilines is 1. The third-order valence-corrected chi connectivity index (χ3v) is 4.37. The van der Waals surface area contributed by atoms with Crippen LogP contribution in [0.2, 0.25) is 0 Å². The number of sulfone groups is 1. The molecule has 0 radical (unpaired) electrons. The second-order valence-electron chi connectivity index (χ2n) is 3.94. The SMILES string of the molecule is C=CCn1ccnc1NC1CCS(=O)(=O)C1. The van der Waals surface area contributed by atoms with Crippen LogP contribution in [0.3, 0.4) is 0 Å². The van der Waals surface area contributed by atoms with Gasteiger partial charge in [0.25, 0.3) is 0 Å². The Balaban J connectivity index is 2.04. The highest BCUT2D eigenvalue weighted by molar-refractivity contribution is 7.91. The minimum absolute atomic E-state index is 0.0176. The van der Waals surface area contributed by atoms with E-state index in [0.29, 0.717) is 18.9 Å². The molecule has 16 heavy (non-hydrogen) atoms. The Morgan fingerprint density at radius 3 is 3.12 bits per heavy atom. The molecule has 5 nitrogen and oxygen atoms in total. The fourth-order valence-corrected chi connectivity index (χ4v) is 3.50. The number of nitrogens with one attached hydrogen (secondary N) is 1. The van der Waals surface area contributed by atoms with E-state index in [1.54, 1.807) is 12.3 Å². The molecule has 0 aromatic carbocycles. The van der Waals surface area contributed by atoms with E-state index in [1.165, 1.54) is 0 Å². The highest BCUT2D eigenvalue weighted by Crippen LogP contribution is 2.16. The molecular formula is C10H15N3O2S. The van der Waals surface area contributed by atoms with Crippen LogP contribution in [-0.4, -0.2) is 35.5 Å². The number of nitrogens with zero attached hydrogens (tertiary/aromatic N) is 2. The van der Waals surface area contributed by atoms with Gasteiger partial charge in [-0.15, -0.1) is 6.58 Å². The second-order valence-corrected chi connectivity index (χ2v) is 6.16. The van der Waals surface area contributed by atoms with E-state index in [4.69, 9.17) is 0 Å². The summed E-state index contributed by atoms with van der Waals surface area (Å²) in [5, 5.41) is 3.15. The summed E-state index contributed by atoms with van der Waals surface area (Å²) in [5.74, 6) is 1.18. The second kappa shape index (κ2) is 4.29. The van der Waals surface area contributed by atoms with E-state index in [-0.39, 0.29) is 17.5 Å². The van der Waals surface area contributed by atoms with E-state index >= 15 is 0 Å². The molecule has 1 N–H and O–H groups in total. The molecule has 1 aromatic rings. The highest BCUT2D eigenvalue weighted by Gasteiger charge is 2.28. The summed E-state index contributed by atoms with van der Waals surface area (Å²) in [5.41, 5.74) is 0. The monoisotopic (exact) mass is 241 g/mol. The summed E-state index contributed by atoms with van der Waals surface area (Å²) in [6.07, 6.45) is 5.96. The summed E-state index contributed by atoms with van der Waals surface area (Å²) < 4.78 is 24.5. The Morgan fingerprint density at radius 1 is 1.69 bits per heavy atom. The van der Waals surface area contributed by atoms with Crippen molar-refractivity contribution in [3.63, 3.8) is 0 Å². The van der Waals surface area contributed by atoms with Crippen molar-refractivity contribution >= 4 is 15.8 Å². The van der Waals surface area contributed by atoms with Crippen LogP contribution in [0.25, 0.3) is 0 Å². The topological polar surface area (TPSA) is 64.0 Å². The third-order valence-electron chi connectivity index (χ3n) is 2.61. The zero-order valence-electron chi connectivity index (χ0n) is 8.96. The summed E-state index contributed by atoms with van der Waals surface area (Å²) in [6, 6.07) is -0.0176. The van der Waals surface area contributed by atoms with Crippen molar-refractivity contribution in [1.82, 2.24) is 9.55 Å². The first-order chi connectivity index (χ1) is 7.61. The quantitative estimate of drug-likeness (QED) is 0.787. The van der Waals surface area contributed by atoms with Gasteiger partial charge in [-0.25, -0.2) is 13.4 Å². The lowest BCUT2D eigenvalue weighted by molar-refractivity contribution is 0.602. The predicted octanol–water partition coefficient (Wildman–Crippen LogP) is 0.668. The van der Waals surface area contributed by atoms with Gasteiger partial charge in [0.1, 0.15) is 0 Å². The zero-order chi connectivity index (χ0) is 11.6. The molecule has 0 amide bonds. The van der Waals surface area contributed by atoms with Crippen molar-refractivity contribution < 1.29 is 8.42 Å². The van der Waals surface area contributed by atoms with Crippen LogP contribution in [0.15, 0.2) is 25.0 Å². The Kier molecular flexibility index (Phi) is 3.00. The standard InChI is InChI=1S/C10H15N3O2S/c1-2-5-13-6-4-11-10(13)12-9-3-7-16(14,15)8-9/h2,4,6,9H,1,3,5,7-8H2,(H,11,12). The largest absolute Gasteiger partial charge is 0.352 e. The van der Waals surface area contributed by atoms with Crippen molar-refractivity contribution in [2.45, 2.75) is 19.0 Å². The molecule has 0 saturated carbocycles. The number of rotatable bonds is 4. The molecule has 0 bridgehead atoms. The van der Waals surface area contributed by atoms with Crippen LogP contribution in [0.4, 0.5) is 5.95 Å². The summed E-state index contributed by atoms with van der Waals surface area (Å²) in [4.78, 5) is 4.16. The molecule has 1 atom stereocenters. The Morgan fingerprint density at radius 2 is 2.50 bits per heavy atom. The molecule has 1 aliphatic heterocycles. The predicted molar refractivity (Wildman–Crippen MR) is 63.1 cm³/mol.